The second kappa shape index (κ2) is 15.5. The van der Waals surface area contributed by atoms with Gasteiger partial charge in [0.05, 0.1) is 29.1 Å². The number of anilines is 1. The number of hydrogen-bond acceptors (Lipinski definition) is 6. The van der Waals surface area contributed by atoms with Crippen molar-refractivity contribution < 1.29 is 28.2 Å². The minimum Gasteiger partial charge on any atom is -0.483 e. The van der Waals surface area contributed by atoms with Crippen LogP contribution in [0.5, 0.6) is 0 Å². The number of nitrogens with zero attached hydrogens (tertiary/aromatic N) is 2. The normalized spacial score (nSPS) is 17.7. The van der Waals surface area contributed by atoms with E-state index in [-0.39, 0.29) is 18.1 Å². The Morgan fingerprint density at radius 2 is 1.84 bits per heavy atom. The molecule has 3 aromatic rings. The van der Waals surface area contributed by atoms with Crippen LogP contribution >= 0.6 is 0 Å². The number of aliphatic hydroxyl groups is 1. The van der Waals surface area contributed by atoms with Gasteiger partial charge in [-0.05, 0) is 55.4 Å². The van der Waals surface area contributed by atoms with Crippen LogP contribution in [0.25, 0.3) is 10.9 Å². The Balaban J connectivity index is 0.00000141. The van der Waals surface area contributed by atoms with Gasteiger partial charge in [0.1, 0.15) is 0 Å². The van der Waals surface area contributed by atoms with E-state index in [1.165, 1.54) is 23.6 Å². The molecule has 0 bridgehead atoms. The first kappa shape index (κ1) is 33.5. The van der Waals surface area contributed by atoms with Crippen LogP contribution in [-0.4, -0.2) is 73.1 Å². The summed E-state index contributed by atoms with van der Waals surface area (Å²) in [5.74, 6) is -0.285. The van der Waals surface area contributed by atoms with E-state index in [9.17, 15) is 18.3 Å². The minimum atomic E-state index is -3.51. The van der Waals surface area contributed by atoms with Crippen molar-refractivity contribution in [2.24, 2.45) is 0 Å². The molecule has 2 aliphatic rings. The van der Waals surface area contributed by atoms with Gasteiger partial charge in [0.15, 0.2) is 0 Å². The molecule has 1 aliphatic heterocycles. The molecule has 1 aliphatic carbocycles. The molecule has 10 nitrogen and oxygen atoms in total. The summed E-state index contributed by atoms with van der Waals surface area (Å²) in [6.07, 6.45) is 10.1. The lowest BCUT2D eigenvalue weighted by molar-refractivity contribution is -0.122. The van der Waals surface area contributed by atoms with Gasteiger partial charge >= 0.3 is 0 Å². The topological polar surface area (TPSA) is 141 Å². The van der Waals surface area contributed by atoms with E-state index in [1.807, 2.05) is 36.4 Å². The number of benzene rings is 2. The van der Waals surface area contributed by atoms with E-state index in [0.717, 1.165) is 54.3 Å². The van der Waals surface area contributed by atoms with Crippen molar-refractivity contribution in [2.45, 2.75) is 89.4 Å². The standard InChI is InChI=1S/C32H44N4O4S.CH2O2/c1-3-4-16-36-22-24-15-17-41(39,40)35(2)28-19-25(20-29(36)31(24)28)32(38)34-27(18-23-11-7-5-8-12-23)30(37)21-33-26-13-9-6-10-14-26;2-1-3/h5,7-8,11-12,19-20,22,26-27,30,33,37H,3-4,6,9-10,13-18,21H2,1-2H3,(H,34,38);1H,(H,2,3)/t27-,30+;/m0./s1. The Morgan fingerprint density at radius 3 is 2.52 bits per heavy atom. The Kier molecular flexibility index (Phi) is 11.8. The number of unbranched alkanes of at least 4 members (excludes halogenated alkanes) is 1. The van der Waals surface area contributed by atoms with Gasteiger partial charge in [-0.3, -0.25) is 13.9 Å². The van der Waals surface area contributed by atoms with Gasteiger partial charge in [-0.15, -0.1) is 0 Å². The van der Waals surface area contributed by atoms with Crippen molar-refractivity contribution in [3.63, 3.8) is 0 Å². The summed E-state index contributed by atoms with van der Waals surface area (Å²) >= 11 is 0. The third-order valence-electron chi connectivity index (χ3n) is 8.74. The van der Waals surface area contributed by atoms with Crippen LogP contribution in [0.3, 0.4) is 0 Å². The average Bonchev–Trinajstić information content (AvgIpc) is 3.35. The summed E-state index contributed by atoms with van der Waals surface area (Å²) in [7, 11) is -1.93. The molecule has 2 heterocycles. The third kappa shape index (κ3) is 8.19. The molecule has 1 saturated carbocycles. The van der Waals surface area contributed by atoms with Crippen LogP contribution in [0.1, 0.15) is 73.4 Å². The van der Waals surface area contributed by atoms with Crippen LogP contribution in [0.2, 0.25) is 0 Å². The number of carbonyl (C=O) groups excluding carboxylic acids is 1. The number of aliphatic hydroxyl groups excluding tert-OH is 1. The summed E-state index contributed by atoms with van der Waals surface area (Å²) in [6.45, 7) is 3.09. The lowest BCUT2D eigenvalue weighted by Gasteiger charge is -2.28. The zero-order chi connectivity index (χ0) is 31.7. The van der Waals surface area contributed by atoms with Crippen LogP contribution in [0, 0.1) is 0 Å². The lowest BCUT2D eigenvalue weighted by atomic mass is 9.94. The van der Waals surface area contributed by atoms with Gasteiger partial charge < -0.3 is 25.4 Å². The molecule has 5 rings (SSSR count). The fraction of sp³-hybridized carbons (Fsp3) is 0.515. The first-order valence-electron chi connectivity index (χ1n) is 15.6. The predicted octanol–water partition coefficient (Wildman–Crippen LogP) is 4.09. The molecule has 240 valence electrons. The SMILES string of the molecule is CCCCn1cc2c3c(cc(C(=O)N[C@@H](Cc4ccccc4)[C@H](O)CNC4CCCCC4)cc31)N(C)S(=O)(=O)CC2.O=CO. The van der Waals surface area contributed by atoms with Crippen LogP contribution in [0.4, 0.5) is 5.69 Å². The number of hydrogen-bond donors (Lipinski definition) is 4. The molecule has 2 aromatic carbocycles. The molecular weight excluding hydrogens is 580 g/mol. The monoisotopic (exact) mass is 626 g/mol. The number of rotatable bonds is 11. The zero-order valence-electron chi connectivity index (χ0n) is 25.7. The molecule has 1 amide bonds. The zero-order valence-corrected chi connectivity index (χ0v) is 26.6. The van der Waals surface area contributed by atoms with Crippen molar-refractivity contribution in [1.82, 2.24) is 15.2 Å². The highest BCUT2D eigenvalue weighted by molar-refractivity contribution is 7.92. The van der Waals surface area contributed by atoms with Crippen molar-refractivity contribution in [2.75, 3.05) is 23.7 Å². The van der Waals surface area contributed by atoms with Crippen molar-refractivity contribution in [3.05, 3.63) is 65.4 Å². The Hall–Kier alpha value is -3.41. The maximum absolute atomic E-state index is 13.9. The van der Waals surface area contributed by atoms with Crippen molar-refractivity contribution >= 4 is 39.0 Å². The van der Waals surface area contributed by atoms with E-state index in [4.69, 9.17) is 9.90 Å². The molecule has 4 N–H and O–H groups in total. The van der Waals surface area contributed by atoms with Gasteiger partial charge in [0.2, 0.25) is 10.0 Å². The summed E-state index contributed by atoms with van der Waals surface area (Å²) < 4.78 is 29.5. The van der Waals surface area contributed by atoms with E-state index in [0.29, 0.717) is 36.7 Å². The van der Waals surface area contributed by atoms with Crippen molar-refractivity contribution in [3.8, 4) is 0 Å². The second-order valence-corrected chi connectivity index (χ2v) is 13.9. The summed E-state index contributed by atoms with van der Waals surface area (Å²) in [5, 5.41) is 25.7. The number of amides is 1. The molecule has 0 radical (unpaired) electrons. The molecule has 1 aromatic heterocycles. The molecule has 0 unspecified atom stereocenters. The van der Waals surface area contributed by atoms with Crippen LogP contribution < -0.4 is 14.9 Å². The molecule has 0 saturated heterocycles. The van der Waals surface area contributed by atoms with Crippen LogP contribution in [0.15, 0.2) is 48.7 Å². The predicted molar refractivity (Wildman–Crippen MR) is 174 cm³/mol. The Morgan fingerprint density at radius 1 is 1.14 bits per heavy atom. The number of carboxylic acid groups (broad SMARTS) is 1. The molecular formula is C33H46N4O6S. The molecule has 2 atom stereocenters. The summed E-state index contributed by atoms with van der Waals surface area (Å²) in [4.78, 5) is 22.2. The average molecular weight is 627 g/mol. The van der Waals surface area contributed by atoms with Gasteiger partial charge in [-0.1, -0.05) is 62.9 Å². The fourth-order valence-electron chi connectivity index (χ4n) is 6.24. The largest absolute Gasteiger partial charge is 0.483 e. The number of aromatic nitrogens is 1. The highest BCUT2D eigenvalue weighted by Gasteiger charge is 2.30. The lowest BCUT2D eigenvalue weighted by Crippen LogP contribution is -2.50. The maximum atomic E-state index is 13.9. The third-order valence-corrected chi connectivity index (χ3v) is 10.5. The Bertz CT molecular complexity index is 1500. The molecule has 11 heteroatoms. The molecule has 0 spiro atoms. The maximum Gasteiger partial charge on any atom is 0.290 e. The van der Waals surface area contributed by atoms with Gasteiger partial charge in [-0.2, -0.15) is 0 Å². The minimum absolute atomic E-state index is 0.0337. The second-order valence-electron chi connectivity index (χ2n) is 11.8. The molecule has 44 heavy (non-hydrogen) atoms. The summed E-state index contributed by atoms with van der Waals surface area (Å²) in [5.41, 5.74) is 3.83. The van der Waals surface area contributed by atoms with E-state index >= 15 is 0 Å². The fourth-order valence-corrected chi connectivity index (χ4v) is 7.43. The number of aryl methyl sites for hydroxylation is 2. The molecule has 1 fully saturated rings. The first-order chi connectivity index (χ1) is 21.2. The number of carbonyl (C=O) groups is 2. The van der Waals surface area contributed by atoms with Crippen LogP contribution in [-0.2, 0) is 34.2 Å². The highest BCUT2D eigenvalue weighted by atomic mass is 32.2. The van der Waals surface area contributed by atoms with Gasteiger partial charge in [0, 0.05) is 43.3 Å². The number of sulfonamides is 1. The van der Waals surface area contributed by atoms with Crippen molar-refractivity contribution in [1.29, 1.82) is 0 Å². The van der Waals surface area contributed by atoms with Gasteiger partial charge in [0.25, 0.3) is 12.4 Å². The first-order valence-corrected chi connectivity index (χ1v) is 17.3. The smallest absolute Gasteiger partial charge is 0.290 e. The van der Waals surface area contributed by atoms with Gasteiger partial charge in [-0.25, -0.2) is 8.42 Å². The van der Waals surface area contributed by atoms with E-state index in [1.54, 1.807) is 13.1 Å². The Labute approximate surface area is 260 Å². The van der Waals surface area contributed by atoms with E-state index < -0.39 is 22.2 Å². The quantitative estimate of drug-likeness (QED) is 0.235. The van der Waals surface area contributed by atoms with E-state index in [2.05, 4.69) is 28.3 Å². The summed E-state index contributed by atoms with van der Waals surface area (Å²) in [6, 6.07) is 13.3. The highest BCUT2D eigenvalue weighted by Crippen LogP contribution is 2.37. The number of nitrogens with one attached hydrogen (secondary N) is 2.